The molecule has 0 radical (unpaired) electrons. The molecule has 0 saturated heterocycles. The van der Waals surface area contributed by atoms with Gasteiger partial charge in [-0.3, -0.25) is 0 Å². The van der Waals surface area contributed by atoms with Gasteiger partial charge in [-0.2, -0.15) is 5.26 Å². The van der Waals surface area contributed by atoms with E-state index in [1.165, 1.54) is 10.8 Å². The van der Waals surface area contributed by atoms with Gasteiger partial charge in [0.05, 0.1) is 5.56 Å². The van der Waals surface area contributed by atoms with Crippen LogP contribution in [-0.2, 0) is 6.42 Å². The van der Waals surface area contributed by atoms with Gasteiger partial charge in [-0.1, -0.05) is 48.2 Å². The normalized spacial score (nSPS) is 10.7. The van der Waals surface area contributed by atoms with E-state index in [1.807, 2.05) is 30.5 Å². The van der Waals surface area contributed by atoms with E-state index in [0.717, 1.165) is 27.6 Å². The lowest BCUT2D eigenvalue weighted by atomic mass is 10.1. The highest BCUT2D eigenvalue weighted by molar-refractivity contribution is 7.99. The highest BCUT2D eigenvalue weighted by Gasteiger charge is 2.08. The fourth-order valence-electron chi connectivity index (χ4n) is 2.80. The summed E-state index contributed by atoms with van der Waals surface area (Å²) in [5.74, 6) is 0.923. The van der Waals surface area contributed by atoms with Crippen molar-refractivity contribution in [1.29, 1.82) is 5.26 Å². The number of imidazole rings is 1. The van der Waals surface area contributed by atoms with E-state index in [4.69, 9.17) is 0 Å². The Labute approximate surface area is 150 Å². The first-order valence-corrected chi connectivity index (χ1v) is 8.81. The van der Waals surface area contributed by atoms with E-state index in [-0.39, 0.29) is 0 Å². The van der Waals surface area contributed by atoms with Gasteiger partial charge in [-0.15, -0.1) is 0 Å². The highest BCUT2D eigenvalue weighted by Crippen LogP contribution is 2.33. The monoisotopic (exact) mass is 341 g/mol. The number of benzene rings is 3. The van der Waals surface area contributed by atoms with Gasteiger partial charge in [0.2, 0.25) is 0 Å². The largest absolute Gasteiger partial charge is 0.348 e. The van der Waals surface area contributed by atoms with E-state index in [0.29, 0.717) is 5.56 Å². The molecular formula is C21H15N3S. The number of aromatic nitrogens is 2. The van der Waals surface area contributed by atoms with Crippen molar-refractivity contribution in [2.45, 2.75) is 16.2 Å². The lowest BCUT2D eigenvalue weighted by Crippen LogP contribution is -1.92. The van der Waals surface area contributed by atoms with Gasteiger partial charge in [0.1, 0.15) is 11.9 Å². The second kappa shape index (κ2) is 6.84. The van der Waals surface area contributed by atoms with Crippen LogP contribution < -0.4 is 0 Å². The maximum atomic E-state index is 9.43. The SMILES string of the molecule is N#Cc1ccc(Cc2ncc[nH]2)cc1Sc1ccc2ccccc2c1. The second-order valence-corrected chi connectivity index (χ2v) is 6.88. The Hall–Kier alpha value is -3.03. The Morgan fingerprint density at radius 2 is 1.88 bits per heavy atom. The fourth-order valence-corrected chi connectivity index (χ4v) is 3.81. The molecular weight excluding hydrogens is 326 g/mol. The van der Waals surface area contributed by atoms with Gasteiger partial charge < -0.3 is 4.98 Å². The molecule has 120 valence electrons. The van der Waals surface area contributed by atoms with Crippen LogP contribution in [0.1, 0.15) is 17.0 Å². The van der Waals surface area contributed by atoms with Crippen LogP contribution in [0.5, 0.6) is 0 Å². The van der Waals surface area contributed by atoms with Crippen LogP contribution in [0.25, 0.3) is 10.8 Å². The van der Waals surface area contributed by atoms with Gasteiger partial charge in [-0.25, -0.2) is 4.98 Å². The number of nitrogens with zero attached hydrogens (tertiary/aromatic N) is 2. The van der Waals surface area contributed by atoms with E-state index >= 15 is 0 Å². The first kappa shape index (κ1) is 15.5. The summed E-state index contributed by atoms with van der Waals surface area (Å²) in [5, 5.41) is 11.9. The van der Waals surface area contributed by atoms with Crippen LogP contribution in [0.4, 0.5) is 0 Å². The molecule has 0 atom stereocenters. The standard InChI is InChI=1S/C21H15N3S/c22-14-18-6-5-15(12-21-23-9-10-24-21)11-20(18)25-19-8-7-16-3-1-2-4-17(16)13-19/h1-11,13H,12H2,(H,23,24). The maximum absolute atomic E-state index is 9.43. The smallest absolute Gasteiger partial charge is 0.110 e. The predicted molar refractivity (Wildman–Crippen MR) is 101 cm³/mol. The third-order valence-corrected chi connectivity index (χ3v) is 5.09. The van der Waals surface area contributed by atoms with Crippen LogP contribution in [-0.4, -0.2) is 9.97 Å². The number of aromatic amines is 1. The van der Waals surface area contributed by atoms with Gasteiger partial charge in [-0.05, 0) is 40.6 Å². The molecule has 0 spiro atoms. The van der Waals surface area contributed by atoms with Crippen molar-refractivity contribution in [2.75, 3.05) is 0 Å². The first-order valence-electron chi connectivity index (χ1n) is 8.00. The van der Waals surface area contributed by atoms with Crippen molar-refractivity contribution >= 4 is 22.5 Å². The lowest BCUT2D eigenvalue weighted by molar-refractivity contribution is 1.02. The molecule has 0 aliphatic rings. The van der Waals surface area contributed by atoms with Crippen LogP contribution in [0.15, 0.2) is 82.8 Å². The quantitative estimate of drug-likeness (QED) is 0.556. The molecule has 1 heterocycles. The summed E-state index contributed by atoms with van der Waals surface area (Å²) in [7, 11) is 0. The number of fused-ring (bicyclic) bond motifs is 1. The Morgan fingerprint density at radius 1 is 1.00 bits per heavy atom. The molecule has 25 heavy (non-hydrogen) atoms. The third-order valence-electron chi connectivity index (χ3n) is 4.04. The molecule has 0 amide bonds. The average molecular weight is 341 g/mol. The van der Waals surface area contributed by atoms with E-state index in [9.17, 15) is 5.26 Å². The molecule has 0 unspecified atom stereocenters. The highest BCUT2D eigenvalue weighted by atomic mass is 32.2. The first-order chi connectivity index (χ1) is 12.3. The molecule has 4 aromatic rings. The van der Waals surface area contributed by atoms with Crippen molar-refractivity contribution in [3.05, 3.63) is 90.0 Å². The molecule has 3 nitrogen and oxygen atoms in total. The summed E-state index contributed by atoms with van der Waals surface area (Å²) < 4.78 is 0. The zero-order valence-electron chi connectivity index (χ0n) is 13.4. The Bertz CT molecular complexity index is 1060. The minimum absolute atomic E-state index is 0.696. The summed E-state index contributed by atoms with van der Waals surface area (Å²) in [6.07, 6.45) is 4.30. The zero-order chi connectivity index (χ0) is 17.1. The molecule has 4 rings (SSSR count). The maximum Gasteiger partial charge on any atom is 0.110 e. The number of hydrogen-bond acceptors (Lipinski definition) is 3. The Morgan fingerprint density at radius 3 is 2.68 bits per heavy atom. The number of hydrogen-bond donors (Lipinski definition) is 1. The van der Waals surface area contributed by atoms with Crippen LogP contribution in [0.2, 0.25) is 0 Å². The molecule has 0 aliphatic heterocycles. The van der Waals surface area contributed by atoms with E-state index in [1.54, 1.807) is 18.0 Å². The lowest BCUT2D eigenvalue weighted by Gasteiger charge is -2.08. The Balaban J connectivity index is 1.66. The molecule has 0 aliphatic carbocycles. The fraction of sp³-hybridized carbons (Fsp3) is 0.0476. The average Bonchev–Trinajstić information content (AvgIpc) is 3.15. The van der Waals surface area contributed by atoms with E-state index < -0.39 is 0 Å². The predicted octanol–water partition coefficient (Wildman–Crippen LogP) is 5.18. The third kappa shape index (κ3) is 3.42. The van der Waals surface area contributed by atoms with Crippen molar-refractivity contribution in [3.63, 3.8) is 0 Å². The summed E-state index contributed by atoms with van der Waals surface area (Å²) in [6.45, 7) is 0. The topological polar surface area (TPSA) is 52.5 Å². The van der Waals surface area contributed by atoms with Gasteiger partial charge in [0.15, 0.2) is 0 Å². The summed E-state index contributed by atoms with van der Waals surface area (Å²) in [4.78, 5) is 9.50. The summed E-state index contributed by atoms with van der Waals surface area (Å²) in [5.41, 5.74) is 1.83. The molecule has 4 heteroatoms. The number of rotatable bonds is 4. The van der Waals surface area contributed by atoms with Gasteiger partial charge in [0, 0.05) is 28.6 Å². The minimum atomic E-state index is 0.696. The summed E-state index contributed by atoms with van der Waals surface area (Å²) >= 11 is 1.63. The molecule has 1 aromatic heterocycles. The molecule has 0 bridgehead atoms. The molecule has 1 N–H and O–H groups in total. The number of nitrogens with one attached hydrogen (secondary N) is 1. The van der Waals surface area contributed by atoms with Crippen LogP contribution in [0, 0.1) is 11.3 Å². The number of nitriles is 1. The van der Waals surface area contributed by atoms with Crippen molar-refractivity contribution in [1.82, 2.24) is 9.97 Å². The van der Waals surface area contributed by atoms with Gasteiger partial charge >= 0.3 is 0 Å². The zero-order valence-corrected chi connectivity index (χ0v) is 14.3. The van der Waals surface area contributed by atoms with Crippen LogP contribution >= 0.6 is 11.8 Å². The second-order valence-electron chi connectivity index (χ2n) is 5.77. The van der Waals surface area contributed by atoms with E-state index in [2.05, 4.69) is 52.4 Å². The Kier molecular flexibility index (Phi) is 4.24. The van der Waals surface area contributed by atoms with Crippen molar-refractivity contribution in [2.24, 2.45) is 0 Å². The minimum Gasteiger partial charge on any atom is -0.348 e. The van der Waals surface area contributed by atoms with Gasteiger partial charge in [0.25, 0.3) is 0 Å². The van der Waals surface area contributed by atoms with Crippen molar-refractivity contribution < 1.29 is 0 Å². The number of H-pyrrole nitrogens is 1. The summed E-state index contributed by atoms with van der Waals surface area (Å²) in [6, 6.07) is 23.0. The molecule has 0 fully saturated rings. The van der Waals surface area contributed by atoms with Crippen molar-refractivity contribution in [3.8, 4) is 6.07 Å². The molecule has 0 saturated carbocycles. The molecule has 3 aromatic carbocycles. The van der Waals surface area contributed by atoms with Crippen LogP contribution in [0.3, 0.4) is 0 Å².